The molecule has 2 heterocycles. The summed E-state index contributed by atoms with van der Waals surface area (Å²) in [5, 5.41) is 13.2. The van der Waals surface area contributed by atoms with Crippen molar-refractivity contribution in [2.24, 2.45) is 5.92 Å². The minimum Gasteiger partial charge on any atom is -0.506 e. The van der Waals surface area contributed by atoms with Gasteiger partial charge in [0, 0.05) is 12.6 Å². The van der Waals surface area contributed by atoms with E-state index in [0.717, 1.165) is 18.2 Å². The predicted molar refractivity (Wildman–Crippen MR) is 55.6 cm³/mol. The molecule has 5 nitrogen and oxygen atoms in total. The van der Waals surface area contributed by atoms with Gasteiger partial charge in [0.2, 0.25) is 0 Å². The zero-order valence-corrected chi connectivity index (χ0v) is 8.63. The van der Waals surface area contributed by atoms with E-state index < -0.39 is 0 Å². The van der Waals surface area contributed by atoms with E-state index in [1.807, 2.05) is 0 Å². The molecule has 0 saturated heterocycles. The van der Waals surface area contributed by atoms with Gasteiger partial charge in [0.1, 0.15) is 5.75 Å². The van der Waals surface area contributed by atoms with E-state index in [1.165, 1.54) is 19.0 Å². The van der Waals surface area contributed by atoms with Crippen LogP contribution in [0, 0.1) is 5.92 Å². The summed E-state index contributed by atoms with van der Waals surface area (Å²) in [6, 6.07) is 1.56. The molecule has 0 atom stereocenters. The number of hydrogen-bond acceptors (Lipinski definition) is 5. The molecule has 5 heteroatoms. The molecule has 3 rings (SSSR count). The van der Waals surface area contributed by atoms with Gasteiger partial charge in [0.25, 0.3) is 5.89 Å². The first kappa shape index (κ1) is 9.33. The van der Waals surface area contributed by atoms with Gasteiger partial charge in [-0.1, -0.05) is 5.16 Å². The molecule has 0 aromatic carbocycles. The molecule has 82 valence electrons. The van der Waals surface area contributed by atoms with Crippen molar-refractivity contribution in [3.63, 3.8) is 0 Å². The second-order valence-corrected chi connectivity index (χ2v) is 4.10. The van der Waals surface area contributed by atoms with Crippen molar-refractivity contribution in [3.8, 4) is 17.2 Å². The Hall–Kier alpha value is -1.91. The number of aromatic nitrogens is 3. The summed E-state index contributed by atoms with van der Waals surface area (Å²) in [6.45, 7) is 0. The molecule has 0 amide bonds. The molecular weight excluding hydrogens is 206 g/mol. The van der Waals surface area contributed by atoms with E-state index in [0.29, 0.717) is 11.5 Å². The third kappa shape index (κ3) is 1.88. The van der Waals surface area contributed by atoms with Crippen molar-refractivity contribution in [1.82, 2.24) is 15.1 Å². The van der Waals surface area contributed by atoms with E-state index in [1.54, 1.807) is 12.3 Å². The van der Waals surface area contributed by atoms with Gasteiger partial charge in [-0.15, -0.1) is 0 Å². The summed E-state index contributed by atoms with van der Waals surface area (Å²) < 4.78 is 5.12. The first-order valence-electron chi connectivity index (χ1n) is 5.28. The molecule has 2 aromatic rings. The summed E-state index contributed by atoms with van der Waals surface area (Å²) in [4.78, 5) is 8.14. The normalized spacial score (nSPS) is 15.2. The van der Waals surface area contributed by atoms with E-state index in [9.17, 15) is 5.11 Å². The Bertz CT molecular complexity index is 505. The summed E-state index contributed by atoms with van der Waals surface area (Å²) >= 11 is 0. The van der Waals surface area contributed by atoms with Gasteiger partial charge in [0.05, 0.1) is 11.8 Å². The van der Waals surface area contributed by atoms with Gasteiger partial charge in [-0.2, -0.15) is 4.98 Å². The van der Waals surface area contributed by atoms with Gasteiger partial charge < -0.3 is 9.63 Å². The highest BCUT2D eigenvalue weighted by Gasteiger charge is 2.24. The smallest absolute Gasteiger partial charge is 0.259 e. The van der Waals surface area contributed by atoms with Crippen molar-refractivity contribution in [2.45, 2.75) is 19.3 Å². The molecule has 1 aliphatic rings. The van der Waals surface area contributed by atoms with Crippen LogP contribution in [0.25, 0.3) is 11.5 Å². The van der Waals surface area contributed by atoms with Crippen LogP contribution in [0.4, 0.5) is 0 Å². The van der Waals surface area contributed by atoms with Crippen molar-refractivity contribution in [1.29, 1.82) is 0 Å². The monoisotopic (exact) mass is 217 g/mol. The summed E-state index contributed by atoms with van der Waals surface area (Å²) in [6.07, 6.45) is 6.37. The van der Waals surface area contributed by atoms with Crippen LogP contribution in [-0.4, -0.2) is 20.2 Å². The van der Waals surface area contributed by atoms with E-state index >= 15 is 0 Å². The fraction of sp³-hybridized carbons (Fsp3) is 0.364. The molecule has 1 saturated carbocycles. The van der Waals surface area contributed by atoms with Crippen molar-refractivity contribution >= 4 is 0 Å². The highest BCUT2D eigenvalue weighted by Crippen LogP contribution is 2.32. The zero-order chi connectivity index (χ0) is 11.0. The third-order valence-corrected chi connectivity index (χ3v) is 2.61. The second-order valence-electron chi connectivity index (χ2n) is 4.10. The Labute approximate surface area is 92.1 Å². The highest BCUT2D eigenvalue weighted by atomic mass is 16.5. The molecule has 0 bridgehead atoms. The van der Waals surface area contributed by atoms with Crippen LogP contribution in [0.2, 0.25) is 0 Å². The van der Waals surface area contributed by atoms with Crippen LogP contribution < -0.4 is 0 Å². The summed E-state index contributed by atoms with van der Waals surface area (Å²) in [7, 11) is 0. The lowest BCUT2D eigenvalue weighted by molar-refractivity contribution is 0.420. The van der Waals surface area contributed by atoms with Crippen LogP contribution >= 0.6 is 0 Å². The molecule has 1 N–H and O–H groups in total. The number of pyridine rings is 1. The molecule has 0 radical (unpaired) electrons. The van der Waals surface area contributed by atoms with Crippen LogP contribution in [0.15, 0.2) is 23.0 Å². The Kier molecular flexibility index (Phi) is 2.09. The first-order valence-corrected chi connectivity index (χ1v) is 5.28. The lowest BCUT2D eigenvalue weighted by Crippen LogP contribution is -1.89. The SMILES string of the molecule is Oc1cncc(-c2nc(CC3CC3)no2)c1. The quantitative estimate of drug-likeness (QED) is 0.848. The molecule has 0 aliphatic heterocycles. The number of nitrogens with zero attached hydrogens (tertiary/aromatic N) is 3. The number of aromatic hydroxyl groups is 1. The van der Waals surface area contributed by atoms with Crippen LogP contribution in [0.1, 0.15) is 18.7 Å². The standard InChI is InChI=1S/C11H11N3O2/c15-9-4-8(5-12-6-9)11-13-10(14-16-11)3-7-1-2-7/h4-7,15H,1-3H2. The lowest BCUT2D eigenvalue weighted by atomic mass is 10.2. The van der Waals surface area contributed by atoms with Crippen molar-refractivity contribution in [2.75, 3.05) is 0 Å². The van der Waals surface area contributed by atoms with Gasteiger partial charge in [-0.3, -0.25) is 4.98 Å². The maximum Gasteiger partial charge on any atom is 0.259 e. The topological polar surface area (TPSA) is 72.0 Å². The fourth-order valence-corrected chi connectivity index (χ4v) is 1.58. The summed E-state index contributed by atoms with van der Waals surface area (Å²) in [5.41, 5.74) is 0.648. The largest absolute Gasteiger partial charge is 0.506 e. The third-order valence-electron chi connectivity index (χ3n) is 2.61. The predicted octanol–water partition coefficient (Wildman–Crippen LogP) is 1.79. The van der Waals surface area contributed by atoms with Crippen LogP contribution in [-0.2, 0) is 6.42 Å². The number of rotatable bonds is 3. The summed E-state index contributed by atoms with van der Waals surface area (Å²) in [5.74, 6) is 1.98. The zero-order valence-electron chi connectivity index (χ0n) is 8.63. The van der Waals surface area contributed by atoms with E-state index in [4.69, 9.17) is 4.52 Å². The molecule has 1 aliphatic carbocycles. The maximum atomic E-state index is 9.28. The molecule has 2 aromatic heterocycles. The average Bonchev–Trinajstić information content (AvgIpc) is 2.94. The Morgan fingerprint density at radius 3 is 3.00 bits per heavy atom. The van der Waals surface area contributed by atoms with Crippen LogP contribution in [0.5, 0.6) is 5.75 Å². The Balaban J connectivity index is 1.85. The first-order chi connectivity index (χ1) is 7.81. The second kappa shape index (κ2) is 3.59. The minimum absolute atomic E-state index is 0.0967. The van der Waals surface area contributed by atoms with Crippen molar-refractivity contribution < 1.29 is 9.63 Å². The number of hydrogen-bond donors (Lipinski definition) is 1. The van der Waals surface area contributed by atoms with Crippen LogP contribution in [0.3, 0.4) is 0 Å². The van der Waals surface area contributed by atoms with Gasteiger partial charge >= 0.3 is 0 Å². The van der Waals surface area contributed by atoms with E-state index in [2.05, 4.69) is 15.1 Å². The Morgan fingerprint density at radius 1 is 1.38 bits per heavy atom. The minimum atomic E-state index is 0.0967. The van der Waals surface area contributed by atoms with Gasteiger partial charge in [-0.25, -0.2) is 0 Å². The molecule has 0 unspecified atom stereocenters. The average molecular weight is 217 g/mol. The van der Waals surface area contributed by atoms with Gasteiger partial charge in [0.15, 0.2) is 5.82 Å². The highest BCUT2D eigenvalue weighted by molar-refractivity contribution is 5.53. The molecule has 16 heavy (non-hydrogen) atoms. The van der Waals surface area contributed by atoms with E-state index in [-0.39, 0.29) is 5.75 Å². The lowest BCUT2D eigenvalue weighted by Gasteiger charge is -1.93. The molecule has 0 spiro atoms. The molecule has 1 fully saturated rings. The van der Waals surface area contributed by atoms with Crippen molar-refractivity contribution in [3.05, 3.63) is 24.3 Å². The Morgan fingerprint density at radius 2 is 2.25 bits per heavy atom. The fourth-order valence-electron chi connectivity index (χ4n) is 1.58. The molecular formula is C11H11N3O2. The maximum absolute atomic E-state index is 9.28. The van der Waals surface area contributed by atoms with Gasteiger partial charge in [-0.05, 0) is 24.8 Å².